The highest BCUT2D eigenvalue weighted by Gasteiger charge is 2.24. The van der Waals surface area contributed by atoms with Crippen LogP contribution in [0.5, 0.6) is 0 Å². The van der Waals surface area contributed by atoms with Gasteiger partial charge in [0.15, 0.2) is 5.65 Å². The van der Waals surface area contributed by atoms with Crippen molar-refractivity contribution in [3.05, 3.63) is 88.8 Å². The van der Waals surface area contributed by atoms with Crippen LogP contribution in [0.4, 0.5) is 10.2 Å². The second-order valence-electron chi connectivity index (χ2n) is 7.11. The van der Waals surface area contributed by atoms with Crippen LogP contribution in [0.25, 0.3) is 16.6 Å². The minimum absolute atomic E-state index is 0.318. The van der Waals surface area contributed by atoms with Crippen LogP contribution >= 0.6 is 11.6 Å². The molecule has 0 amide bonds. The number of aryl methyl sites for hydroxylation is 2. The lowest BCUT2D eigenvalue weighted by atomic mass is 10.0. The molecule has 2 aromatic carbocycles. The van der Waals surface area contributed by atoms with Gasteiger partial charge in [0.1, 0.15) is 28.5 Å². The first kappa shape index (κ1) is 18.6. The van der Waals surface area contributed by atoms with Crippen LogP contribution in [-0.4, -0.2) is 24.1 Å². The Morgan fingerprint density at radius 1 is 1.10 bits per heavy atom. The van der Waals surface area contributed by atoms with Gasteiger partial charge >= 0.3 is 0 Å². The Bertz CT molecular complexity index is 1390. The predicted molar refractivity (Wildman–Crippen MR) is 115 cm³/mol. The number of benzene rings is 2. The standard InChI is InChI=1S/C22H18ClFN6/c1-13-18(23)21-27-20(15-8-4-6-10-17(15)30(21)28-13)26-19(22-25-11-12-29(22)2)14-7-3-5-9-16(14)24/h3-12,19H,1-2H3,(H,26,27). The molecule has 5 aromatic rings. The monoisotopic (exact) mass is 420 g/mol. The lowest BCUT2D eigenvalue weighted by molar-refractivity contribution is 0.596. The van der Waals surface area contributed by atoms with Crippen molar-refractivity contribution in [1.29, 1.82) is 0 Å². The highest BCUT2D eigenvalue weighted by Crippen LogP contribution is 2.32. The summed E-state index contributed by atoms with van der Waals surface area (Å²) in [5.41, 5.74) is 2.57. The van der Waals surface area contributed by atoms with Crippen LogP contribution in [0.3, 0.4) is 0 Å². The summed E-state index contributed by atoms with van der Waals surface area (Å²) in [4.78, 5) is 9.21. The van der Waals surface area contributed by atoms with E-state index in [1.807, 2.05) is 55.1 Å². The third-order valence-corrected chi connectivity index (χ3v) is 5.63. The second-order valence-corrected chi connectivity index (χ2v) is 7.49. The van der Waals surface area contributed by atoms with Crippen LogP contribution in [-0.2, 0) is 7.05 Å². The number of anilines is 1. The molecule has 30 heavy (non-hydrogen) atoms. The molecule has 0 aliphatic heterocycles. The van der Waals surface area contributed by atoms with Gasteiger partial charge in [0.25, 0.3) is 0 Å². The molecule has 5 rings (SSSR count). The number of nitrogens with zero attached hydrogens (tertiary/aromatic N) is 5. The first-order valence-electron chi connectivity index (χ1n) is 9.46. The van der Waals surface area contributed by atoms with E-state index in [1.54, 1.807) is 22.8 Å². The van der Waals surface area contributed by atoms with Crippen LogP contribution in [0.2, 0.25) is 5.02 Å². The molecule has 1 N–H and O–H groups in total. The average molecular weight is 421 g/mol. The first-order valence-corrected chi connectivity index (χ1v) is 9.84. The zero-order valence-electron chi connectivity index (χ0n) is 16.3. The van der Waals surface area contributed by atoms with Crippen molar-refractivity contribution >= 4 is 34.0 Å². The first-order chi connectivity index (χ1) is 14.5. The van der Waals surface area contributed by atoms with Crippen molar-refractivity contribution < 1.29 is 4.39 Å². The summed E-state index contributed by atoms with van der Waals surface area (Å²) in [5.74, 6) is 0.930. The molecule has 3 aromatic heterocycles. The van der Waals surface area contributed by atoms with Crippen LogP contribution in [0.15, 0.2) is 60.9 Å². The maximum absolute atomic E-state index is 14.8. The smallest absolute Gasteiger partial charge is 0.176 e. The van der Waals surface area contributed by atoms with Crippen LogP contribution in [0, 0.1) is 12.7 Å². The van der Waals surface area contributed by atoms with Gasteiger partial charge in [-0.15, -0.1) is 0 Å². The van der Waals surface area contributed by atoms with E-state index in [2.05, 4.69) is 15.4 Å². The normalized spacial score (nSPS) is 12.5. The molecule has 0 bridgehead atoms. The van der Waals surface area contributed by atoms with Crippen molar-refractivity contribution in [3.63, 3.8) is 0 Å². The molecular formula is C22H18ClFN6. The van der Waals surface area contributed by atoms with Gasteiger partial charge in [-0.1, -0.05) is 41.9 Å². The van der Waals surface area contributed by atoms with Gasteiger partial charge in [-0.2, -0.15) is 5.10 Å². The lowest BCUT2D eigenvalue weighted by Gasteiger charge is -2.21. The van der Waals surface area contributed by atoms with Gasteiger partial charge in [0.2, 0.25) is 0 Å². The Hall–Kier alpha value is -3.45. The molecule has 1 atom stereocenters. The van der Waals surface area contributed by atoms with Gasteiger partial charge in [-0.05, 0) is 25.1 Å². The largest absolute Gasteiger partial charge is 0.356 e. The van der Waals surface area contributed by atoms with E-state index in [9.17, 15) is 4.39 Å². The highest BCUT2D eigenvalue weighted by atomic mass is 35.5. The number of rotatable bonds is 4. The van der Waals surface area contributed by atoms with Crippen LogP contribution < -0.4 is 5.32 Å². The Kier molecular flexibility index (Phi) is 4.40. The Morgan fingerprint density at radius 3 is 2.63 bits per heavy atom. The maximum atomic E-state index is 14.8. The summed E-state index contributed by atoms with van der Waals surface area (Å²) in [6.45, 7) is 1.84. The zero-order chi connectivity index (χ0) is 20.8. The quantitative estimate of drug-likeness (QED) is 0.448. The molecule has 0 radical (unpaired) electrons. The molecule has 1 unspecified atom stereocenters. The molecule has 0 aliphatic carbocycles. The molecule has 3 heterocycles. The number of hydrogen-bond donors (Lipinski definition) is 1. The summed E-state index contributed by atoms with van der Waals surface area (Å²) in [6.07, 6.45) is 3.52. The van der Waals surface area contributed by atoms with Crippen molar-refractivity contribution in [2.75, 3.05) is 5.32 Å². The van der Waals surface area contributed by atoms with Crippen molar-refractivity contribution in [2.45, 2.75) is 13.0 Å². The average Bonchev–Trinajstić information content (AvgIpc) is 3.30. The number of para-hydroxylation sites is 1. The van der Waals surface area contributed by atoms with Crippen LogP contribution in [0.1, 0.15) is 23.1 Å². The molecule has 8 heteroatoms. The van der Waals surface area contributed by atoms with E-state index < -0.39 is 6.04 Å². The van der Waals surface area contributed by atoms with E-state index in [0.29, 0.717) is 33.6 Å². The fourth-order valence-electron chi connectivity index (χ4n) is 3.68. The van der Waals surface area contributed by atoms with Gasteiger partial charge in [-0.3, -0.25) is 0 Å². The Morgan fingerprint density at radius 2 is 1.87 bits per heavy atom. The summed E-state index contributed by atoms with van der Waals surface area (Å²) in [6, 6.07) is 13.9. The molecule has 0 spiro atoms. The number of imidazole rings is 1. The van der Waals surface area contributed by atoms with Gasteiger partial charge in [0, 0.05) is 30.4 Å². The Labute approximate surface area is 177 Å². The van der Waals surface area contributed by atoms with Gasteiger partial charge in [0.05, 0.1) is 11.2 Å². The van der Waals surface area contributed by atoms with Gasteiger partial charge < -0.3 is 9.88 Å². The molecule has 0 aliphatic rings. The minimum atomic E-state index is -0.549. The molecular weight excluding hydrogens is 403 g/mol. The summed E-state index contributed by atoms with van der Waals surface area (Å²) in [7, 11) is 1.88. The van der Waals surface area contributed by atoms with E-state index in [4.69, 9.17) is 16.6 Å². The highest BCUT2D eigenvalue weighted by molar-refractivity contribution is 6.34. The fourth-order valence-corrected chi connectivity index (χ4v) is 3.84. The van der Waals surface area contributed by atoms with Crippen molar-refractivity contribution in [3.8, 4) is 0 Å². The third kappa shape index (κ3) is 2.90. The third-order valence-electron chi connectivity index (χ3n) is 5.18. The summed E-state index contributed by atoms with van der Waals surface area (Å²) < 4.78 is 18.4. The minimum Gasteiger partial charge on any atom is -0.356 e. The van der Waals surface area contributed by atoms with Gasteiger partial charge in [-0.25, -0.2) is 18.9 Å². The summed E-state index contributed by atoms with van der Waals surface area (Å²) >= 11 is 6.47. The zero-order valence-corrected chi connectivity index (χ0v) is 17.1. The number of halogens is 2. The molecule has 150 valence electrons. The topological polar surface area (TPSA) is 60.0 Å². The number of fused-ring (bicyclic) bond motifs is 3. The van der Waals surface area contributed by atoms with E-state index in [0.717, 1.165) is 10.9 Å². The fraction of sp³-hybridized carbons (Fsp3) is 0.136. The Balaban J connectivity index is 1.74. The molecule has 0 fully saturated rings. The lowest BCUT2D eigenvalue weighted by Crippen LogP contribution is -2.19. The van der Waals surface area contributed by atoms with Crippen molar-refractivity contribution in [2.24, 2.45) is 7.05 Å². The SMILES string of the molecule is Cc1nn2c(nc(NC(c3ccccc3F)c3nccn3C)c3ccccc32)c1Cl. The van der Waals surface area contributed by atoms with E-state index in [-0.39, 0.29) is 5.82 Å². The van der Waals surface area contributed by atoms with E-state index >= 15 is 0 Å². The van der Waals surface area contributed by atoms with Crippen molar-refractivity contribution in [1.82, 2.24) is 24.1 Å². The molecule has 6 nitrogen and oxygen atoms in total. The number of hydrogen-bond acceptors (Lipinski definition) is 4. The maximum Gasteiger partial charge on any atom is 0.176 e. The molecule has 0 saturated carbocycles. The number of nitrogens with one attached hydrogen (secondary N) is 1. The predicted octanol–water partition coefficient (Wildman–Crippen LogP) is 4.92. The number of aromatic nitrogens is 5. The second kappa shape index (κ2) is 7.11. The molecule has 0 saturated heterocycles. The van der Waals surface area contributed by atoms with E-state index in [1.165, 1.54) is 6.07 Å². The summed E-state index contributed by atoms with van der Waals surface area (Å²) in [5, 5.41) is 9.27.